The fourth-order valence-electron chi connectivity index (χ4n) is 3.88. The van der Waals surface area contributed by atoms with Crippen LogP contribution < -0.4 is 4.74 Å². The van der Waals surface area contributed by atoms with Gasteiger partial charge in [0, 0.05) is 7.11 Å². The van der Waals surface area contributed by atoms with Crippen LogP contribution in [0.1, 0.15) is 68.7 Å². The van der Waals surface area contributed by atoms with Gasteiger partial charge in [-0.3, -0.25) is 0 Å². The molecule has 0 aromatic heterocycles. The predicted molar refractivity (Wildman–Crippen MR) is 120 cm³/mol. The minimum atomic E-state index is -0.942. The average molecular weight is 427 g/mol. The van der Waals surface area contributed by atoms with Crippen molar-refractivity contribution in [3.63, 3.8) is 0 Å². The first kappa shape index (κ1) is 23.5. The van der Waals surface area contributed by atoms with E-state index in [9.17, 15) is 4.79 Å². The maximum atomic E-state index is 13.0. The Balaban J connectivity index is 1.84. The van der Waals surface area contributed by atoms with E-state index < -0.39 is 17.9 Å². The Kier molecular flexibility index (Phi) is 8.64. The van der Waals surface area contributed by atoms with Gasteiger partial charge in [-0.1, -0.05) is 62.6 Å². The third-order valence-corrected chi connectivity index (χ3v) is 5.66. The molecule has 168 valence electrons. The molecule has 0 aliphatic carbocycles. The van der Waals surface area contributed by atoms with E-state index in [1.54, 1.807) is 0 Å². The van der Waals surface area contributed by atoms with Crippen molar-refractivity contribution in [1.29, 1.82) is 0 Å². The van der Waals surface area contributed by atoms with Crippen LogP contribution in [0.15, 0.2) is 48.5 Å². The standard InChI is InChI=1S/C26H34O5/c1-4-5-6-8-12-20-15-16-23(22(19-20)26(2)29-17-11-18-30-26)31-25(27)24(28-3)21-13-9-7-10-14-21/h7,9-10,13-16,19,24H,4-6,8,11-12,17-18H2,1-3H3/t24-/m0/s1. The van der Waals surface area contributed by atoms with E-state index >= 15 is 0 Å². The van der Waals surface area contributed by atoms with E-state index in [-0.39, 0.29) is 0 Å². The molecule has 0 unspecified atom stereocenters. The second-order valence-corrected chi connectivity index (χ2v) is 8.08. The highest BCUT2D eigenvalue weighted by Gasteiger charge is 2.36. The van der Waals surface area contributed by atoms with Crippen LogP contribution in [0.2, 0.25) is 0 Å². The molecule has 1 fully saturated rings. The van der Waals surface area contributed by atoms with Crippen LogP contribution in [-0.4, -0.2) is 26.3 Å². The van der Waals surface area contributed by atoms with E-state index in [1.807, 2.05) is 49.4 Å². The van der Waals surface area contributed by atoms with Gasteiger partial charge < -0.3 is 18.9 Å². The Morgan fingerprint density at radius 3 is 2.48 bits per heavy atom. The molecule has 0 spiro atoms. The minimum Gasteiger partial charge on any atom is -0.424 e. The zero-order chi connectivity index (χ0) is 22.1. The molecule has 1 saturated heterocycles. The lowest BCUT2D eigenvalue weighted by Gasteiger charge is -2.35. The molecule has 5 nitrogen and oxygen atoms in total. The molecule has 2 aromatic rings. The van der Waals surface area contributed by atoms with Crippen LogP contribution in [-0.2, 0) is 31.2 Å². The zero-order valence-electron chi connectivity index (χ0n) is 18.9. The Hall–Kier alpha value is -2.21. The molecule has 0 N–H and O–H groups in total. The Morgan fingerprint density at radius 1 is 1.06 bits per heavy atom. The highest BCUT2D eigenvalue weighted by molar-refractivity contribution is 5.79. The zero-order valence-corrected chi connectivity index (χ0v) is 18.9. The first-order chi connectivity index (χ1) is 15.1. The number of carbonyl (C=O) groups excluding carboxylic acids is 1. The molecule has 5 heteroatoms. The monoisotopic (exact) mass is 426 g/mol. The summed E-state index contributed by atoms with van der Waals surface area (Å²) in [5, 5.41) is 0. The van der Waals surface area contributed by atoms with Crippen molar-refractivity contribution in [2.75, 3.05) is 20.3 Å². The third-order valence-electron chi connectivity index (χ3n) is 5.66. The maximum absolute atomic E-state index is 13.0. The number of benzene rings is 2. The molecule has 0 bridgehead atoms. The summed E-state index contributed by atoms with van der Waals surface area (Å²) < 4.78 is 23.3. The van der Waals surface area contributed by atoms with Crippen LogP contribution >= 0.6 is 0 Å². The highest BCUT2D eigenvalue weighted by atomic mass is 16.7. The largest absolute Gasteiger partial charge is 0.424 e. The number of methoxy groups -OCH3 is 1. The summed E-state index contributed by atoms with van der Waals surface area (Å²) in [6.07, 6.45) is 5.81. The summed E-state index contributed by atoms with van der Waals surface area (Å²) >= 11 is 0. The number of hydrogen-bond acceptors (Lipinski definition) is 5. The second kappa shape index (κ2) is 11.4. The van der Waals surface area contributed by atoms with Crippen LogP contribution in [0.25, 0.3) is 0 Å². The summed E-state index contributed by atoms with van der Waals surface area (Å²) in [4.78, 5) is 13.0. The molecule has 2 aromatic carbocycles. The van der Waals surface area contributed by atoms with Crippen molar-refractivity contribution >= 4 is 5.97 Å². The number of rotatable bonds is 10. The fourth-order valence-corrected chi connectivity index (χ4v) is 3.88. The highest BCUT2D eigenvalue weighted by Crippen LogP contribution is 2.38. The molecule has 1 atom stereocenters. The maximum Gasteiger partial charge on any atom is 0.345 e. The molecular weight excluding hydrogens is 392 g/mol. The molecule has 0 amide bonds. The minimum absolute atomic E-state index is 0.449. The van der Waals surface area contributed by atoms with Gasteiger partial charge in [-0.15, -0.1) is 0 Å². The first-order valence-electron chi connectivity index (χ1n) is 11.3. The summed E-state index contributed by atoms with van der Waals surface area (Å²) in [6.45, 7) is 5.32. The molecule has 1 aliphatic rings. The van der Waals surface area contributed by atoms with Gasteiger partial charge in [0.1, 0.15) is 5.75 Å². The van der Waals surface area contributed by atoms with E-state index in [1.165, 1.54) is 31.9 Å². The van der Waals surface area contributed by atoms with E-state index in [4.69, 9.17) is 18.9 Å². The van der Waals surface area contributed by atoms with E-state index in [0.717, 1.165) is 30.4 Å². The van der Waals surface area contributed by atoms with Gasteiger partial charge in [0.25, 0.3) is 0 Å². The predicted octanol–water partition coefficient (Wildman–Crippen LogP) is 5.71. The normalized spacial score (nSPS) is 16.6. The number of esters is 1. The Labute approximate surface area is 185 Å². The molecule has 0 saturated carbocycles. The molecule has 3 rings (SSSR count). The lowest BCUT2D eigenvalue weighted by Crippen LogP contribution is -2.36. The molecule has 0 radical (unpaired) electrons. The lowest BCUT2D eigenvalue weighted by molar-refractivity contribution is -0.265. The van der Waals surface area contributed by atoms with Crippen LogP contribution in [0.4, 0.5) is 0 Å². The number of unbranched alkanes of at least 4 members (excludes halogenated alkanes) is 3. The van der Waals surface area contributed by atoms with Crippen LogP contribution in [0.3, 0.4) is 0 Å². The van der Waals surface area contributed by atoms with Gasteiger partial charge in [-0.25, -0.2) is 4.79 Å². The van der Waals surface area contributed by atoms with Gasteiger partial charge in [0.2, 0.25) is 0 Å². The molecular formula is C26H34O5. The van der Waals surface area contributed by atoms with E-state index in [0.29, 0.717) is 19.0 Å². The Bertz CT molecular complexity index is 827. The summed E-state index contributed by atoms with van der Waals surface area (Å²) in [6, 6.07) is 15.3. The first-order valence-corrected chi connectivity index (χ1v) is 11.3. The third kappa shape index (κ3) is 6.16. The average Bonchev–Trinajstić information content (AvgIpc) is 2.79. The van der Waals surface area contributed by atoms with Gasteiger partial charge in [0.15, 0.2) is 11.9 Å². The number of aryl methyl sites for hydroxylation is 1. The second-order valence-electron chi connectivity index (χ2n) is 8.08. The van der Waals surface area contributed by atoms with Crippen molar-refractivity contribution in [2.45, 2.75) is 64.3 Å². The quantitative estimate of drug-likeness (QED) is 0.277. The van der Waals surface area contributed by atoms with Crippen molar-refractivity contribution in [3.8, 4) is 5.75 Å². The van der Waals surface area contributed by atoms with Crippen molar-refractivity contribution in [1.82, 2.24) is 0 Å². The number of carbonyl (C=O) groups is 1. The molecule has 1 aliphatic heterocycles. The van der Waals surface area contributed by atoms with Crippen molar-refractivity contribution < 1.29 is 23.7 Å². The molecule has 1 heterocycles. The van der Waals surface area contributed by atoms with Crippen LogP contribution in [0.5, 0.6) is 5.75 Å². The Morgan fingerprint density at radius 2 is 1.81 bits per heavy atom. The van der Waals surface area contributed by atoms with Crippen molar-refractivity contribution in [3.05, 3.63) is 65.2 Å². The SMILES string of the molecule is CCCCCCc1ccc(OC(=O)[C@@H](OC)c2ccccc2)c(C2(C)OCCCO2)c1. The van der Waals surface area contributed by atoms with Crippen molar-refractivity contribution in [2.24, 2.45) is 0 Å². The summed E-state index contributed by atoms with van der Waals surface area (Å²) in [5.74, 6) is -0.961. The number of hydrogen-bond donors (Lipinski definition) is 0. The summed E-state index contributed by atoms with van der Waals surface area (Å²) in [7, 11) is 1.51. The van der Waals surface area contributed by atoms with E-state index in [2.05, 4.69) is 13.0 Å². The van der Waals surface area contributed by atoms with Gasteiger partial charge in [0.05, 0.1) is 18.8 Å². The summed E-state index contributed by atoms with van der Waals surface area (Å²) in [5.41, 5.74) is 2.69. The molecule has 31 heavy (non-hydrogen) atoms. The number of ether oxygens (including phenoxy) is 4. The smallest absolute Gasteiger partial charge is 0.345 e. The fraction of sp³-hybridized carbons (Fsp3) is 0.500. The lowest BCUT2D eigenvalue weighted by atomic mass is 9.98. The van der Waals surface area contributed by atoms with Gasteiger partial charge in [-0.2, -0.15) is 0 Å². The topological polar surface area (TPSA) is 54.0 Å². The van der Waals surface area contributed by atoms with Crippen LogP contribution in [0, 0.1) is 0 Å². The van der Waals surface area contributed by atoms with Gasteiger partial charge in [-0.05, 0) is 49.4 Å². The van der Waals surface area contributed by atoms with Gasteiger partial charge >= 0.3 is 5.97 Å².